The SMILES string of the molecule is Cn1nc(C(F)(F)C(F)(F)F)c(C(F)(F)F)c1NC(=O)c1ccc(C#N)c(N)c1.Cn1nc(C(F)(F)C(F)(F)F)c(C(F)(F)F)c1NC(=O)c1ccc(C#N)c([N+](=O)[O-])c1. The molecule has 14 nitrogen and oxygen atoms in total. The zero-order chi connectivity index (χ0) is 46.3. The maximum Gasteiger partial charge on any atom is 0.459 e. The minimum atomic E-state index is -6.42. The van der Waals surface area contributed by atoms with Crippen LogP contribution in [0.15, 0.2) is 36.4 Å². The number of alkyl halides is 16. The van der Waals surface area contributed by atoms with Crippen LogP contribution in [0.3, 0.4) is 0 Å². The molecular formula is C30H16F16N10O4. The predicted octanol–water partition coefficient (Wildman–Crippen LogP) is 7.92. The summed E-state index contributed by atoms with van der Waals surface area (Å²) in [6.45, 7) is 0. The van der Waals surface area contributed by atoms with Gasteiger partial charge in [0.2, 0.25) is 0 Å². The van der Waals surface area contributed by atoms with E-state index in [-0.39, 0.29) is 26.2 Å². The molecule has 30 heteroatoms. The lowest BCUT2D eigenvalue weighted by Gasteiger charge is -2.19. The minimum absolute atomic E-state index is 0.0444. The van der Waals surface area contributed by atoms with Crippen molar-refractivity contribution in [3.8, 4) is 12.1 Å². The Morgan fingerprint density at radius 2 is 1.02 bits per heavy atom. The number of nitrogens with zero attached hydrogens (tertiary/aromatic N) is 7. The molecule has 0 saturated heterocycles. The number of benzene rings is 2. The summed E-state index contributed by atoms with van der Waals surface area (Å²) in [4.78, 5) is 34.3. The van der Waals surface area contributed by atoms with Crippen LogP contribution < -0.4 is 16.4 Å². The van der Waals surface area contributed by atoms with Crippen LogP contribution in [0.2, 0.25) is 0 Å². The quantitative estimate of drug-likeness (QED) is 0.0711. The van der Waals surface area contributed by atoms with E-state index in [1.807, 2.05) is 0 Å². The van der Waals surface area contributed by atoms with Gasteiger partial charge in [0.1, 0.15) is 40.5 Å². The van der Waals surface area contributed by atoms with Crippen molar-refractivity contribution in [2.24, 2.45) is 14.1 Å². The minimum Gasteiger partial charge on any atom is -0.398 e. The molecule has 4 aromatic rings. The molecule has 0 unspecified atom stereocenters. The average molecular weight is 884 g/mol. The summed E-state index contributed by atoms with van der Waals surface area (Å²) < 4.78 is 210. The lowest BCUT2D eigenvalue weighted by Crippen LogP contribution is -2.36. The maximum absolute atomic E-state index is 13.6. The molecule has 0 radical (unpaired) electrons. The standard InChI is InChI=1S/C15H7F8N5O3.C15H9F8N5O/c1-27-11(9(14(18,19)20)10(26-27)13(16,17)15(21,22)23)25-12(29)6-2-3-7(5-24)8(4-6)28(30)31;1-28-11(26-12(29)6-2-3-7(5-24)8(25)4-6)9(14(18,19)20)10(27-28)13(16,17)15(21,22)23/h2-4H,1H3,(H,25,29);2-4H,25H2,1H3,(H,26,29). The molecule has 2 aromatic heterocycles. The number of nitro benzene ring substituents is 1. The van der Waals surface area contributed by atoms with Gasteiger partial charge in [-0.3, -0.25) is 29.1 Å². The fourth-order valence-corrected chi connectivity index (χ4v) is 4.66. The molecule has 0 aliphatic heterocycles. The zero-order valence-electron chi connectivity index (χ0n) is 28.9. The van der Waals surface area contributed by atoms with Crippen LogP contribution in [0, 0.1) is 32.8 Å². The van der Waals surface area contributed by atoms with Crippen molar-refractivity contribution in [1.82, 2.24) is 19.6 Å². The molecule has 0 bridgehead atoms. The highest BCUT2D eigenvalue weighted by atomic mass is 19.4. The van der Waals surface area contributed by atoms with E-state index in [1.54, 1.807) is 11.4 Å². The van der Waals surface area contributed by atoms with Gasteiger partial charge in [-0.05, 0) is 30.3 Å². The third-order valence-corrected chi connectivity index (χ3v) is 7.44. The van der Waals surface area contributed by atoms with E-state index >= 15 is 0 Å². The van der Waals surface area contributed by atoms with Crippen LogP contribution in [0.4, 0.5) is 93.3 Å². The number of hydrogen-bond donors (Lipinski definition) is 3. The number of nitrogen functional groups attached to an aromatic ring is 1. The Morgan fingerprint density at radius 3 is 1.32 bits per heavy atom. The topological polar surface area (TPSA) is 211 Å². The Labute approximate surface area is 320 Å². The maximum atomic E-state index is 13.6. The molecule has 322 valence electrons. The summed E-state index contributed by atoms with van der Waals surface area (Å²) in [7, 11) is 1.22. The van der Waals surface area contributed by atoms with Crippen LogP contribution in [-0.4, -0.2) is 48.7 Å². The fourth-order valence-electron chi connectivity index (χ4n) is 4.66. The van der Waals surface area contributed by atoms with Crippen molar-refractivity contribution >= 4 is 34.8 Å². The fraction of sp³-hybridized carbons (Fsp3) is 0.267. The van der Waals surface area contributed by atoms with E-state index in [0.29, 0.717) is 20.2 Å². The van der Waals surface area contributed by atoms with Gasteiger partial charge in [0, 0.05) is 31.3 Å². The van der Waals surface area contributed by atoms with Gasteiger partial charge in [0.15, 0.2) is 11.4 Å². The largest absolute Gasteiger partial charge is 0.459 e. The highest BCUT2D eigenvalue weighted by Gasteiger charge is 2.65. The first-order chi connectivity index (χ1) is 27.1. The van der Waals surface area contributed by atoms with Gasteiger partial charge in [-0.25, -0.2) is 0 Å². The molecule has 4 rings (SSSR count). The highest BCUT2D eigenvalue weighted by molar-refractivity contribution is 6.05. The normalized spacial score (nSPS) is 12.5. The third-order valence-electron chi connectivity index (χ3n) is 7.44. The Bertz CT molecular complexity index is 2430. The lowest BCUT2D eigenvalue weighted by atomic mass is 10.1. The molecule has 0 fully saturated rings. The van der Waals surface area contributed by atoms with E-state index < -0.39 is 104 Å². The number of nitrogens with one attached hydrogen (secondary N) is 2. The van der Waals surface area contributed by atoms with Crippen LogP contribution >= 0.6 is 0 Å². The van der Waals surface area contributed by atoms with E-state index in [2.05, 4.69) is 10.2 Å². The Morgan fingerprint density at radius 1 is 0.667 bits per heavy atom. The number of nitro groups is 1. The van der Waals surface area contributed by atoms with Gasteiger partial charge in [-0.1, -0.05) is 0 Å². The zero-order valence-corrected chi connectivity index (χ0v) is 28.9. The van der Waals surface area contributed by atoms with Crippen molar-refractivity contribution in [2.45, 2.75) is 36.6 Å². The summed E-state index contributed by atoms with van der Waals surface area (Å²) in [6, 6.07) is 8.22. The molecule has 0 spiro atoms. The summed E-state index contributed by atoms with van der Waals surface area (Å²) in [5.74, 6) is -17.8. The van der Waals surface area contributed by atoms with E-state index in [0.717, 1.165) is 30.3 Å². The Kier molecular flexibility index (Phi) is 12.5. The predicted molar refractivity (Wildman–Crippen MR) is 166 cm³/mol. The number of rotatable bonds is 7. The highest BCUT2D eigenvalue weighted by Crippen LogP contribution is 2.51. The number of carbonyl (C=O) groups is 2. The molecule has 0 atom stereocenters. The number of aryl methyl sites for hydroxylation is 2. The van der Waals surface area contributed by atoms with Gasteiger partial charge in [0.05, 0.1) is 16.2 Å². The number of hydrogen-bond acceptors (Lipinski definition) is 9. The number of nitriles is 2. The lowest BCUT2D eigenvalue weighted by molar-refractivity contribution is -0.385. The number of anilines is 3. The number of halogens is 16. The molecule has 60 heavy (non-hydrogen) atoms. The molecule has 4 N–H and O–H groups in total. The summed E-state index contributed by atoms with van der Waals surface area (Å²) in [5.41, 5.74) is -7.49. The number of carbonyl (C=O) groups excluding carboxylic acids is 2. The Hall–Kier alpha value is -7.14. The molecule has 0 aliphatic carbocycles. The van der Waals surface area contributed by atoms with E-state index in [9.17, 15) is 90.0 Å². The van der Waals surface area contributed by atoms with Crippen molar-refractivity contribution in [3.63, 3.8) is 0 Å². The third kappa shape index (κ3) is 9.26. The number of nitrogens with two attached hydrogens (primary N) is 1. The first-order valence-electron chi connectivity index (χ1n) is 14.9. The van der Waals surface area contributed by atoms with Gasteiger partial charge in [-0.2, -0.15) is 91.0 Å². The summed E-state index contributed by atoms with van der Waals surface area (Å²) in [5, 5.41) is 36.8. The van der Waals surface area contributed by atoms with Crippen molar-refractivity contribution in [3.05, 3.63) is 91.3 Å². The van der Waals surface area contributed by atoms with Gasteiger partial charge in [-0.15, -0.1) is 0 Å². The first kappa shape index (κ1) is 47.2. The van der Waals surface area contributed by atoms with Gasteiger partial charge in [0.25, 0.3) is 17.5 Å². The Balaban J connectivity index is 0.000000321. The monoisotopic (exact) mass is 884 g/mol. The van der Waals surface area contributed by atoms with Gasteiger partial charge < -0.3 is 16.4 Å². The molecule has 2 aromatic carbocycles. The molecule has 0 aliphatic rings. The second-order valence-electron chi connectivity index (χ2n) is 11.5. The summed E-state index contributed by atoms with van der Waals surface area (Å²) in [6.07, 6.45) is -24.3. The van der Waals surface area contributed by atoms with E-state index in [4.69, 9.17) is 16.3 Å². The van der Waals surface area contributed by atoms with Crippen LogP contribution in [0.1, 0.15) is 54.4 Å². The van der Waals surface area contributed by atoms with Crippen molar-refractivity contribution < 1.29 is 84.8 Å². The van der Waals surface area contributed by atoms with Crippen LogP contribution in [0.25, 0.3) is 0 Å². The number of aromatic nitrogens is 4. The van der Waals surface area contributed by atoms with Crippen molar-refractivity contribution in [1.29, 1.82) is 10.5 Å². The smallest absolute Gasteiger partial charge is 0.398 e. The molecular weight excluding hydrogens is 868 g/mol. The average Bonchev–Trinajstić information content (AvgIpc) is 3.63. The van der Waals surface area contributed by atoms with E-state index in [1.165, 1.54) is 11.4 Å². The number of amides is 2. The summed E-state index contributed by atoms with van der Waals surface area (Å²) >= 11 is 0. The van der Waals surface area contributed by atoms with Crippen molar-refractivity contribution in [2.75, 3.05) is 16.4 Å². The van der Waals surface area contributed by atoms with Crippen LogP contribution in [-0.2, 0) is 38.3 Å². The van der Waals surface area contributed by atoms with Crippen LogP contribution in [0.5, 0.6) is 0 Å². The van der Waals surface area contributed by atoms with Gasteiger partial charge >= 0.3 is 36.6 Å². The molecule has 2 amide bonds. The molecule has 2 heterocycles. The second-order valence-corrected chi connectivity index (χ2v) is 11.5. The second kappa shape index (κ2) is 15.9. The molecule has 0 saturated carbocycles. The first-order valence-corrected chi connectivity index (χ1v) is 14.9.